The van der Waals surface area contributed by atoms with Crippen LogP contribution in [0.4, 0.5) is 23.2 Å². The van der Waals surface area contributed by atoms with E-state index in [1.54, 1.807) is 0 Å². The van der Waals surface area contributed by atoms with Crippen LogP contribution in [0.25, 0.3) is 0 Å². The van der Waals surface area contributed by atoms with Gasteiger partial charge in [0.1, 0.15) is 5.69 Å². The van der Waals surface area contributed by atoms with E-state index in [2.05, 4.69) is 12.6 Å². The van der Waals surface area contributed by atoms with Crippen molar-refractivity contribution in [3.8, 4) is 0 Å². The molecule has 2 nitrogen and oxygen atoms in total. The molecule has 19 heavy (non-hydrogen) atoms. The summed E-state index contributed by atoms with van der Waals surface area (Å²) in [4.78, 5) is 11.6. The van der Waals surface area contributed by atoms with Crippen LogP contribution in [-0.2, 0) is 4.79 Å². The smallest absolute Gasteiger partial charge is 0.225 e. The van der Waals surface area contributed by atoms with Gasteiger partial charge in [-0.25, -0.2) is 17.6 Å². The zero-order chi connectivity index (χ0) is 14.2. The van der Waals surface area contributed by atoms with Gasteiger partial charge in [0.05, 0.1) is 0 Å². The van der Waals surface area contributed by atoms with Crippen LogP contribution in [0.15, 0.2) is 6.07 Å². The average Bonchev–Trinajstić information content (AvgIpc) is 3.12. The van der Waals surface area contributed by atoms with E-state index in [4.69, 9.17) is 0 Å². The van der Waals surface area contributed by atoms with Crippen molar-refractivity contribution >= 4 is 24.2 Å². The van der Waals surface area contributed by atoms with E-state index >= 15 is 0 Å². The van der Waals surface area contributed by atoms with E-state index in [1.165, 1.54) is 0 Å². The minimum absolute atomic E-state index is 0.0213. The Morgan fingerprint density at radius 3 is 2.16 bits per heavy atom. The zero-order valence-electron chi connectivity index (χ0n) is 9.77. The summed E-state index contributed by atoms with van der Waals surface area (Å²) < 4.78 is 52.5. The van der Waals surface area contributed by atoms with Crippen molar-refractivity contribution in [3.05, 3.63) is 29.3 Å². The zero-order valence-corrected chi connectivity index (χ0v) is 10.7. The molecule has 0 atom stereocenters. The van der Waals surface area contributed by atoms with Crippen LogP contribution in [0.1, 0.15) is 19.3 Å². The van der Waals surface area contributed by atoms with Gasteiger partial charge >= 0.3 is 0 Å². The topological polar surface area (TPSA) is 29.1 Å². The van der Waals surface area contributed by atoms with Crippen molar-refractivity contribution in [3.63, 3.8) is 0 Å². The molecule has 7 heteroatoms. The Morgan fingerprint density at radius 1 is 1.21 bits per heavy atom. The van der Waals surface area contributed by atoms with Gasteiger partial charge in [0.25, 0.3) is 0 Å². The molecule has 1 saturated carbocycles. The molecule has 104 valence electrons. The number of hydrogen-bond donors (Lipinski definition) is 2. The molecule has 1 aliphatic carbocycles. The molecule has 1 aromatic carbocycles. The summed E-state index contributed by atoms with van der Waals surface area (Å²) >= 11 is 4.09. The molecular weight excluding hydrogens is 282 g/mol. The third-order valence-corrected chi connectivity index (χ3v) is 3.88. The predicted octanol–water partition coefficient (Wildman–Crippen LogP) is 3.28. The molecular formula is C12H11F4NOS. The average molecular weight is 293 g/mol. The second-order valence-electron chi connectivity index (χ2n) is 4.73. The van der Waals surface area contributed by atoms with Crippen molar-refractivity contribution in [1.29, 1.82) is 0 Å². The summed E-state index contributed by atoms with van der Waals surface area (Å²) in [6, 6.07) is 0.0937. The van der Waals surface area contributed by atoms with Crippen molar-refractivity contribution in [2.45, 2.75) is 19.3 Å². The number of thiol groups is 1. The highest BCUT2D eigenvalue weighted by atomic mass is 32.1. The summed E-state index contributed by atoms with van der Waals surface area (Å²) in [6.07, 6.45) is 1.62. The molecule has 0 bridgehead atoms. The molecule has 2 rings (SSSR count). The number of halogens is 4. The minimum atomic E-state index is -1.61. The van der Waals surface area contributed by atoms with Gasteiger partial charge in [-0.2, -0.15) is 12.6 Å². The molecule has 0 aromatic heterocycles. The summed E-state index contributed by atoms with van der Waals surface area (Å²) in [6.45, 7) is 0. The summed E-state index contributed by atoms with van der Waals surface area (Å²) in [7, 11) is 0. The van der Waals surface area contributed by atoms with Crippen molar-refractivity contribution < 1.29 is 22.4 Å². The van der Waals surface area contributed by atoms with Gasteiger partial charge in [0.2, 0.25) is 5.91 Å². The van der Waals surface area contributed by atoms with Gasteiger partial charge in [0, 0.05) is 12.5 Å². The van der Waals surface area contributed by atoms with Crippen molar-refractivity contribution in [2.24, 2.45) is 5.41 Å². The molecule has 0 spiro atoms. The van der Waals surface area contributed by atoms with E-state index in [1.807, 2.05) is 5.32 Å². The van der Waals surface area contributed by atoms with Gasteiger partial charge in [-0.3, -0.25) is 4.79 Å². The number of carbonyl (C=O) groups excluding carboxylic acids is 1. The summed E-state index contributed by atoms with van der Waals surface area (Å²) in [5.74, 6) is -6.53. The predicted molar refractivity (Wildman–Crippen MR) is 65.0 cm³/mol. The van der Waals surface area contributed by atoms with Gasteiger partial charge < -0.3 is 5.32 Å². The van der Waals surface area contributed by atoms with Crippen LogP contribution >= 0.6 is 12.6 Å². The highest BCUT2D eigenvalue weighted by molar-refractivity contribution is 7.80. The first-order valence-corrected chi connectivity index (χ1v) is 6.25. The van der Waals surface area contributed by atoms with Gasteiger partial charge in [-0.1, -0.05) is 0 Å². The second-order valence-corrected chi connectivity index (χ2v) is 5.04. The van der Waals surface area contributed by atoms with Gasteiger partial charge in [0.15, 0.2) is 23.3 Å². The quantitative estimate of drug-likeness (QED) is 0.498. The molecule has 0 radical (unpaired) electrons. The molecule has 0 aliphatic heterocycles. The first kappa shape index (κ1) is 14.2. The molecule has 0 unspecified atom stereocenters. The Balaban J connectivity index is 2.17. The Morgan fingerprint density at radius 2 is 1.74 bits per heavy atom. The Labute approximate surface area is 112 Å². The van der Waals surface area contributed by atoms with Crippen LogP contribution in [-0.4, -0.2) is 11.7 Å². The SMILES string of the molecule is O=C(CC1(CS)CC1)Nc1c(F)c(F)cc(F)c1F. The number of rotatable bonds is 4. The minimum Gasteiger partial charge on any atom is -0.321 e. The monoisotopic (exact) mass is 293 g/mol. The fourth-order valence-electron chi connectivity index (χ4n) is 1.77. The first-order valence-electron chi connectivity index (χ1n) is 5.62. The van der Waals surface area contributed by atoms with Crippen LogP contribution in [0, 0.1) is 28.7 Å². The molecule has 0 saturated heterocycles. The van der Waals surface area contributed by atoms with Crippen molar-refractivity contribution in [2.75, 3.05) is 11.1 Å². The standard InChI is InChI=1S/C12H11F4NOS/c13-6-3-7(14)10(16)11(9(6)15)17-8(18)4-12(5-19)1-2-12/h3,19H,1-2,4-5H2,(H,17,18). The number of hydrogen-bond acceptors (Lipinski definition) is 2. The number of carbonyl (C=O) groups is 1. The number of nitrogens with one attached hydrogen (secondary N) is 1. The molecule has 1 amide bonds. The molecule has 0 heterocycles. The van der Waals surface area contributed by atoms with E-state index in [0.717, 1.165) is 12.8 Å². The largest absolute Gasteiger partial charge is 0.321 e. The molecule has 1 aromatic rings. The highest BCUT2D eigenvalue weighted by Crippen LogP contribution is 2.49. The van der Waals surface area contributed by atoms with Crippen molar-refractivity contribution in [1.82, 2.24) is 0 Å². The van der Waals surface area contributed by atoms with Crippen LogP contribution in [0.2, 0.25) is 0 Å². The Bertz CT molecular complexity index is 505. The fraction of sp³-hybridized carbons (Fsp3) is 0.417. The number of anilines is 1. The number of amides is 1. The third-order valence-electron chi connectivity index (χ3n) is 3.20. The summed E-state index contributed by atoms with van der Waals surface area (Å²) in [5, 5.41) is 1.89. The highest BCUT2D eigenvalue weighted by Gasteiger charge is 2.43. The second kappa shape index (κ2) is 5.03. The Hall–Kier alpha value is -1.24. The molecule has 1 N–H and O–H groups in total. The lowest BCUT2D eigenvalue weighted by atomic mass is 10.1. The van der Waals surface area contributed by atoms with Gasteiger partial charge in [-0.15, -0.1) is 0 Å². The van der Waals surface area contributed by atoms with E-state index in [9.17, 15) is 22.4 Å². The maximum absolute atomic E-state index is 13.3. The van der Waals surface area contributed by atoms with E-state index < -0.39 is 34.9 Å². The third kappa shape index (κ3) is 2.86. The maximum Gasteiger partial charge on any atom is 0.225 e. The summed E-state index contributed by atoms with van der Waals surface area (Å²) in [5.41, 5.74) is -1.34. The number of benzene rings is 1. The first-order chi connectivity index (χ1) is 8.88. The molecule has 1 aliphatic rings. The van der Waals surface area contributed by atoms with Crippen LogP contribution in [0.5, 0.6) is 0 Å². The van der Waals surface area contributed by atoms with E-state index in [-0.39, 0.29) is 17.9 Å². The van der Waals surface area contributed by atoms with Gasteiger partial charge in [-0.05, 0) is 24.0 Å². The van der Waals surface area contributed by atoms with E-state index in [0.29, 0.717) is 5.75 Å². The lowest BCUT2D eigenvalue weighted by Crippen LogP contribution is -2.20. The maximum atomic E-state index is 13.3. The lowest BCUT2D eigenvalue weighted by molar-refractivity contribution is -0.117. The Kier molecular flexibility index (Phi) is 3.75. The lowest BCUT2D eigenvalue weighted by Gasteiger charge is -2.13. The normalized spacial score (nSPS) is 16.3. The molecule has 1 fully saturated rings. The fourth-order valence-corrected chi connectivity index (χ4v) is 2.20. The van der Waals surface area contributed by atoms with Crippen LogP contribution in [0.3, 0.4) is 0 Å². The van der Waals surface area contributed by atoms with Crippen LogP contribution < -0.4 is 5.32 Å².